The largest absolute Gasteiger partial charge is 0.489 e. The number of nitrogens with zero attached hydrogens (tertiary/aromatic N) is 3. The van der Waals surface area contributed by atoms with Gasteiger partial charge in [-0.3, -0.25) is 0 Å². The van der Waals surface area contributed by atoms with E-state index in [1.54, 1.807) is 30.3 Å². The molecule has 0 atom stereocenters. The molecule has 0 bridgehead atoms. The summed E-state index contributed by atoms with van der Waals surface area (Å²) in [4.78, 5) is 7.92. The smallest absolute Gasteiger partial charge is 0.222 e. The summed E-state index contributed by atoms with van der Waals surface area (Å²) in [7, 11) is 0. The minimum Gasteiger partial charge on any atom is -0.489 e. The summed E-state index contributed by atoms with van der Waals surface area (Å²) < 4.78 is 18.8. The summed E-state index contributed by atoms with van der Waals surface area (Å²) in [5.41, 5.74) is 13.4. The van der Waals surface area contributed by atoms with Crippen LogP contribution in [-0.4, -0.2) is 9.97 Å². The highest BCUT2D eigenvalue weighted by Crippen LogP contribution is 2.26. The molecule has 0 aliphatic rings. The van der Waals surface area contributed by atoms with Crippen molar-refractivity contribution in [2.45, 2.75) is 6.61 Å². The predicted octanol–water partition coefficient (Wildman–Crippen LogP) is 2.90. The lowest BCUT2D eigenvalue weighted by Crippen LogP contribution is -2.05. The number of rotatable bonds is 4. The Morgan fingerprint density at radius 1 is 1.08 bits per heavy atom. The maximum atomic E-state index is 13.2. The van der Waals surface area contributed by atoms with Gasteiger partial charge in [0.2, 0.25) is 5.95 Å². The van der Waals surface area contributed by atoms with Crippen LogP contribution in [0.2, 0.25) is 0 Å². The van der Waals surface area contributed by atoms with E-state index in [1.807, 2.05) is 12.1 Å². The molecule has 3 rings (SSSR count). The SMILES string of the molecule is N#Cc1c(N)nc(N)nc1-c1cccc(COc2cccc(F)c2)c1. The molecule has 0 radical (unpaired) electrons. The van der Waals surface area contributed by atoms with Crippen molar-refractivity contribution in [2.24, 2.45) is 0 Å². The Morgan fingerprint density at radius 3 is 2.64 bits per heavy atom. The molecule has 124 valence electrons. The third kappa shape index (κ3) is 3.64. The van der Waals surface area contributed by atoms with E-state index in [4.69, 9.17) is 16.2 Å². The summed E-state index contributed by atoms with van der Waals surface area (Å²) in [6.07, 6.45) is 0. The molecule has 0 saturated heterocycles. The normalized spacial score (nSPS) is 10.2. The number of benzene rings is 2. The second kappa shape index (κ2) is 6.84. The zero-order valence-corrected chi connectivity index (χ0v) is 13.1. The van der Waals surface area contributed by atoms with Crippen LogP contribution in [0.4, 0.5) is 16.2 Å². The Labute approximate surface area is 143 Å². The lowest BCUT2D eigenvalue weighted by molar-refractivity contribution is 0.304. The molecule has 3 aromatic rings. The average Bonchev–Trinajstić information content (AvgIpc) is 2.60. The molecule has 0 saturated carbocycles. The van der Waals surface area contributed by atoms with Crippen molar-refractivity contribution in [3.8, 4) is 23.1 Å². The maximum Gasteiger partial charge on any atom is 0.222 e. The standard InChI is InChI=1S/C18H14FN5O/c19-13-5-2-6-14(8-13)25-10-11-3-1-4-12(7-11)16-15(9-20)17(21)24-18(22)23-16/h1-8H,10H2,(H4,21,22,23,24). The lowest BCUT2D eigenvalue weighted by Gasteiger charge is -2.10. The fourth-order valence-electron chi connectivity index (χ4n) is 2.35. The van der Waals surface area contributed by atoms with E-state index in [1.165, 1.54) is 12.1 Å². The number of aromatic nitrogens is 2. The van der Waals surface area contributed by atoms with Crippen LogP contribution in [0.5, 0.6) is 5.75 Å². The van der Waals surface area contributed by atoms with E-state index in [-0.39, 0.29) is 29.8 Å². The number of ether oxygens (including phenoxy) is 1. The van der Waals surface area contributed by atoms with Gasteiger partial charge in [0.15, 0.2) is 0 Å². The first-order chi connectivity index (χ1) is 12.1. The van der Waals surface area contributed by atoms with Gasteiger partial charge < -0.3 is 16.2 Å². The zero-order valence-electron chi connectivity index (χ0n) is 13.1. The van der Waals surface area contributed by atoms with Gasteiger partial charge in [-0.25, -0.2) is 9.37 Å². The Hall–Kier alpha value is -3.66. The zero-order chi connectivity index (χ0) is 17.8. The van der Waals surface area contributed by atoms with Crippen molar-refractivity contribution in [3.63, 3.8) is 0 Å². The van der Waals surface area contributed by atoms with Crippen LogP contribution >= 0.6 is 0 Å². The van der Waals surface area contributed by atoms with Gasteiger partial charge >= 0.3 is 0 Å². The molecule has 0 amide bonds. The Bertz CT molecular complexity index is 968. The van der Waals surface area contributed by atoms with Gasteiger partial charge in [-0.15, -0.1) is 0 Å². The van der Waals surface area contributed by atoms with Gasteiger partial charge in [-0.1, -0.05) is 24.3 Å². The Balaban J connectivity index is 1.89. The molecule has 1 aromatic heterocycles. The molecule has 6 nitrogen and oxygen atoms in total. The van der Waals surface area contributed by atoms with Gasteiger partial charge in [-0.05, 0) is 23.8 Å². The van der Waals surface area contributed by atoms with Crippen molar-refractivity contribution in [1.82, 2.24) is 9.97 Å². The molecule has 0 spiro atoms. The van der Waals surface area contributed by atoms with Crippen molar-refractivity contribution < 1.29 is 9.13 Å². The molecule has 0 aliphatic heterocycles. The molecule has 2 aromatic carbocycles. The molecule has 0 fully saturated rings. The predicted molar refractivity (Wildman–Crippen MR) is 91.7 cm³/mol. The van der Waals surface area contributed by atoms with Gasteiger partial charge in [0.05, 0.1) is 5.69 Å². The van der Waals surface area contributed by atoms with E-state index < -0.39 is 0 Å². The number of nitrogens with two attached hydrogens (primary N) is 2. The first-order valence-corrected chi connectivity index (χ1v) is 7.37. The maximum absolute atomic E-state index is 13.2. The van der Waals surface area contributed by atoms with E-state index >= 15 is 0 Å². The number of hydrogen-bond donors (Lipinski definition) is 2. The molecule has 25 heavy (non-hydrogen) atoms. The number of hydrogen-bond acceptors (Lipinski definition) is 6. The van der Waals surface area contributed by atoms with E-state index in [2.05, 4.69) is 9.97 Å². The molecular formula is C18H14FN5O. The third-order valence-corrected chi connectivity index (χ3v) is 3.47. The van der Waals surface area contributed by atoms with Crippen LogP contribution in [0.1, 0.15) is 11.1 Å². The van der Waals surface area contributed by atoms with Crippen LogP contribution in [0.25, 0.3) is 11.3 Å². The van der Waals surface area contributed by atoms with E-state index in [0.29, 0.717) is 17.0 Å². The number of halogens is 1. The highest BCUT2D eigenvalue weighted by atomic mass is 19.1. The highest BCUT2D eigenvalue weighted by Gasteiger charge is 2.13. The quantitative estimate of drug-likeness (QED) is 0.758. The summed E-state index contributed by atoms with van der Waals surface area (Å²) in [5, 5.41) is 9.29. The summed E-state index contributed by atoms with van der Waals surface area (Å²) in [6.45, 7) is 0.231. The first kappa shape index (κ1) is 16.2. The summed E-state index contributed by atoms with van der Waals surface area (Å²) in [6, 6.07) is 15.1. The molecule has 0 unspecified atom stereocenters. The minimum absolute atomic E-state index is 0.00656. The van der Waals surface area contributed by atoms with Crippen molar-refractivity contribution in [1.29, 1.82) is 5.26 Å². The van der Waals surface area contributed by atoms with E-state index in [9.17, 15) is 9.65 Å². The fourth-order valence-corrected chi connectivity index (χ4v) is 2.35. The molecular weight excluding hydrogens is 321 g/mol. The first-order valence-electron chi connectivity index (χ1n) is 7.37. The van der Waals surface area contributed by atoms with Gasteiger partial charge in [0.25, 0.3) is 0 Å². The lowest BCUT2D eigenvalue weighted by atomic mass is 10.0. The van der Waals surface area contributed by atoms with E-state index in [0.717, 1.165) is 5.56 Å². The van der Waals surface area contributed by atoms with Crippen LogP contribution in [0, 0.1) is 17.1 Å². The Kier molecular flexibility index (Phi) is 4.44. The van der Waals surface area contributed by atoms with Crippen LogP contribution in [0.15, 0.2) is 48.5 Å². The van der Waals surface area contributed by atoms with Crippen molar-refractivity contribution >= 4 is 11.8 Å². The topological polar surface area (TPSA) is 111 Å². The summed E-state index contributed by atoms with van der Waals surface area (Å²) in [5.74, 6) is 0.0924. The summed E-state index contributed by atoms with van der Waals surface area (Å²) >= 11 is 0. The van der Waals surface area contributed by atoms with Crippen LogP contribution in [-0.2, 0) is 6.61 Å². The molecule has 4 N–H and O–H groups in total. The molecule has 7 heteroatoms. The second-order valence-electron chi connectivity index (χ2n) is 5.25. The van der Waals surface area contributed by atoms with Crippen LogP contribution in [0.3, 0.4) is 0 Å². The highest BCUT2D eigenvalue weighted by molar-refractivity contribution is 5.73. The van der Waals surface area contributed by atoms with Gasteiger partial charge in [0.1, 0.15) is 35.6 Å². The molecule has 0 aliphatic carbocycles. The Morgan fingerprint density at radius 2 is 1.88 bits per heavy atom. The van der Waals surface area contributed by atoms with Gasteiger partial charge in [0, 0.05) is 11.6 Å². The monoisotopic (exact) mass is 335 g/mol. The molecule has 1 heterocycles. The van der Waals surface area contributed by atoms with Crippen molar-refractivity contribution in [3.05, 3.63) is 65.5 Å². The second-order valence-corrected chi connectivity index (χ2v) is 5.25. The third-order valence-electron chi connectivity index (χ3n) is 3.47. The number of nitriles is 1. The average molecular weight is 335 g/mol. The number of anilines is 2. The fraction of sp³-hybridized carbons (Fsp3) is 0.0556. The van der Waals surface area contributed by atoms with Gasteiger partial charge in [-0.2, -0.15) is 10.2 Å². The van der Waals surface area contributed by atoms with Crippen molar-refractivity contribution in [2.75, 3.05) is 11.5 Å². The van der Waals surface area contributed by atoms with Crippen LogP contribution < -0.4 is 16.2 Å². The minimum atomic E-state index is -0.364. The number of nitrogen functional groups attached to an aromatic ring is 2.